The molecule has 27 heavy (non-hydrogen) atoms. The van der Waals surface area contributed by atoms with E-state index in [1.54, 1.807) is 16.9 Å². The average Bonchev–Trinajstić information content (AvgIpc) is 3.19. The zero-order valence-corrected chi connectivity index (χ0v) is 15.6. The van der Waals surface area contributed by atoms with Crippen LogP contribution in [-0.4, -0.2) is 51.1 Å². The van der Waals surface area contributed by atoms with Crippen LogP contribution < -0.4 is 5.32 Å². The van der Waals surface area contributed by atoms with Gasteiger partial charge in [-0.05, 0) is 43.7 Å². The van der Waals surface area contributed by atoms with Gasteiger partial charge in [-0.25, -0.2) is 9.67 Å². The summed E-state index contributed by atoms with van der Waals surface area (Å²) in [5, 5.41) is 18.1. The molecule has 3 aliphatic rings. The van der Waals surface area contributed by atoms with Crippen LogP contribution in [0.5, 0.6) is 0 Å². The zero-order chi connectivity index (χ0) is 18.6. The fourth-order valence-electron chi connectivity index (χ4n) is 4.35. The van der Waals surface area contributed by atoms with Crippen molar-refractivity contribution in [2.24, 2.45) is 5.92 Å². The minimum absolute atomic E-state index is 0.102. The molecule has 0 aromatic carbocycles. The van der Waals surface area contributed by atoms with E-state index in [1.165, 1.54) is 0 Å². The molecule has 1 amide bonds. The minimum Gasteiger partial charge on any atom is -0.394 e. The predicted molar refractivity (Wildman–Crippen MR) is 98.3 cm³/mol. The number of carbonyl (C=O) groups is 1. The summed E-state index contributed by atoms with van der Waals surface area (Å²) in [6.45, 7) is 0.966. The maximum absolute atomic E-state index is 13.1. The molecule has 1 aliphatic heterocycles. The van der Waals surface area contributed by atoms with Crippen molar-refractivity contribution < 1.29 is 14.6 Å². The molecular weight excluding hydrogens is 368 g/mol. The van der Waals surface area contributed by atoms with Crippen LogP contribution in [0.15, 0.2) is 18.3 Å². The van der Waals surface area contributed by atoms with Gasteiger partial charge in [-0.3, -0.25) is 4.79 Å². The Labute approximate surface area is 161 Å². The Morgan fingerprint density at radius 3 is 2.93 bits per heavy atom. The Morgan fingerprint density at radius 2 is 2.22 bits per heavy atom. The highest BCUT2D eigenvalue weighted by Crippen LogP contribution is 2.57. The summed E-state index contributed by atoms with van der Waals surface area (Å²) in [6, 6.07) is 3.60. The molecule has 7 nitrogen and oxygen atoms in total. The number of aliphatic hydroxyl groups is 1. The Kier molecular flexibility index (Phi) is 4.00. The quantitative estimate of drug-likeness (QED) is 0.834. The first-order chi connectivity index (χ1) is 13.1. The molecule has 2 aromatic heterocycles. The van der Waals surface area contributed by atoms with Gasteiger partial charge in [0.2, 0.25) is 0 Å². The van der Waals surface area contributed by atoms with Crippen LogP contribution in [-0.2, 0) is 11.2 Å². The largest absolute Gasteiger partial charge is 0.394 e. The van der Waals surface area contributed by atoms with Crippen molar-refractivity contribution in [1.29, 1.82) is 0 Å². The van der Waals surface area contributed by atoms with Crippen molar-refractivity contribution in [2.45, 2.75) is 37.1 Å². The molecular formula is C19H21ClN4O3. The molecule has 0 spiro atoms. The highest BCUT2D eigenvalue weighted by molar-refractivity contribution is 6.30. The van der Waals surface area contributed by atoms with E-state index in [4.69, 9.17) is 16.3 Å². The molecule has 3 heterocycles. The van der Waals surface area contributed by atoms with Gasteiger partial charge >= 0.3 is 0 Å². The van der Waals surface area contributed by atoms with Gasteiger partial charge in [0.25, 0.3) is 5.91 Å². The standard InChI is InChI=1S/C19H21ClN4O3/c20-12-1-2-15(21-9-12)24-17-13-7-11(13)8-14(17)16(23-24)18(26)22-19(10-25)3-5-27-6-4-19/h1-2,9,11,13,25H,3-8,10H2,(H,22,26)/t11-,13-/m0/s1. The van der Waals surface area contributed by atoms with Crippen molar-refractivity contribution in [2.75, 3.05) is 19.8 Å². The molecule has 8 heteroatoms. The van der Waals surface area contributed by atoms with E-state index in [2.05, 4.69) is 15.4 Å². The number of hydrogen-bond donors (Lipinski definition) is 2. The van der Waals surface area contributed by atoms with Gasteiger partial charge in [0, 0.05) is 30.9 Å². The maximum atomic E-state index is 13.1. The summed E-state index contributed by atoms with van der Waals surface area (Å²) >= 11 is 5.96. The number of rotatable bonds is 4. The van der Waals surface area contributed by atoms with Crippen molar-refractivity contribution in [3.8, 4) is 5.82 Å². The van der Waals surface area contributed by atoms with Gasteiger partial charge in [0.05, 0.1) is 22.9 Å². The number of halogens is 1. The molecule has 142 valence electrons. The summed E-state index contributed by atoms with van der Waals surface area (Å²) in [5.74, 6) is 1.51. The second kappa shape index (κ2) is 6.29. The predicted octanol–water partition coefficient (Wildman–Crippen LogP) is 1.85. The first kappa shape index (κ1) is 17.2. The van der Waals surface area contributed by atoms with Crippen LogP contribution in [0, 0.1) is 5.92 Å². The van der Waals surface area contributed by atoms with E-state index in [0.717, 1.165) is 24.1 Å². The third-order valence-corrected chi connectivity index (χ3v) is 6.26. The summed E-state index contributed by atoms with van der Waals surface area (Å²) < 4.78 is 7.18. The monoisotopic (exact) mass is 388 g/mol. The highest BCUT2D eigenvalue weighted by atomic mass is 35.5. The van der Waals surface area contributed by atoms with E-state index in [0.29, 0.717) is 54.4 Å². The molecule has 0 radical (unpaired) electrons. The van der Waals surface area contributed by atoms with E-state index in [9.17, 15) is 9.90 Å². The first-order valence-corrected chi connectivity index (χ1v) is 9.73. The van der Waals surface area contributed by atoms with Crippen molar-refractivity contribution in [1.82, 2.24) is 20.1 Å². The highest BCUT2D eigenvalue weighted by Gasteiger charge is 2.50. The number of carbonyl (C=O) groups excluding carboxylic acids is 1. The molecule has 2 aromatic rings. The SMILES string of the molecule is O=C(NC1(CO)CCOCC1)c1nn(-c2ccc(Cl)cn2)c2c1C[C@@H]1C[C@H]21. The topological polar surface area (TPSA) is 89.3 Å². The Bertz CT molecular complexity index is 889. The van der Waals surface area contributed by atoms with E-state index < -0.39 is 5.54 Å². The molecule has 2 atom stereocenters. The second-order valence-corrected chi connectivity index (χ2v) is 8.21. The lowest BCUT2D eigenvalue weighted by Crippen LogP contribution is -2.54. The zero-order valence-electron chi connectivity index (χ0n) is 14.8. The molecule has 2 fully saturated rings. The van der Waals surface area contributed by atoms with Crippen LogP contribution in [0.25, 0.3) is 5.82 Å². The third kappa shape index (κ3) is 2.85. The molecule has 5 rings (SSSR count). The Balaban J connectivity index is 1.50. The number of fused-ring (bicyclic) bond motifs is 3. The van der Waals surface area contributed by atoms with Gasteiger partial charge in [-0.2, -0.15) is 5.10 Å². The molecule has 0 unspecified atom stereocenters. The number of pyridine rings is 1. The first-order valence-electron chi connectivity index (χ1n) is 9.35. The van der Waals surface area contributed by atoms with Gasteiger partial charge in [-0.15, -0.1) is 0 Å². The number of ether oxygens (including phenoxy) is 1. The van der Waals surface area contributed by atoms with Crippen molar-refractivity contribution in [3.05, 3.63) is 40.3 Å². The average molecular weight is 389 g/mol. The summed E-state index contributed by atoms with van der Waals surface area (Å²) in [4.78, 5) is 17.5. The summed E-state index contributed by atoms with van der Waals surface area (Å²) in [5.41, 5.74) is 1.94. The van der Waals surface area contributed by atoms with Crippen molar-refractivity contribution >= 4 is 17.5 Å². The Morgan fingerprint density at radius 1 is 1.41 bits per heavy atom. The molecule has 1 saturated carbocycles. The lowest BCUT2D eigenvalue weighted by atomic mass is 9.90. The fourth-order valence-corrected chi connectivity index (χ4v) is 4.46. The number of aliphatic hydroxyl groups excluding tert-OH is 1. The number of amides is 1. The fraction of sp³-hybridized carbons (Fsp3) is 0.526. The molecule has 1 saturated heterocycles. The maximum Gasteiger partial charge on any atom is 0.272 e. The number of nitrogens with zero attached hydrogens (tertiary/aromatic N) is 3. The smallest absolute Gasteiger partial charge is 0.272 e. The van der Waals surface area contributed by atoms with Crippen LogP contribution in [0.2, 0.25) is 5.02 Å². The Hall–Kier alpha value is -1.96. The van der Waals surface area contributed by atoms with Gasteiger partial charge in [0.15, 0.2) is 11.5 Å². The van der Waals surface area contributed by atoms with Gasteiger partial charge in [0.1, 0.15) is 0 Å². The van der Waals surface area contributed by atoms with Crippen LogP contribution in [0.4, 0.5) is 0 Å². The number of nitrogens with one attached hydrogen (secondary N) is 1. The van der Waals surface area contributed by atoms with E-state index >= 15 is 0 Å². The minimum atomic E-state index is -0.633. The van der Waals surface area contributed by atoms with E-state index in [1.807, 2.05) is 6.07 Å². The summed E-state index contributed by atoms with van der Waals surface area (Å²) in [6.07, 6.45) is 4.81. The van der Waals surface area contributed by atoms with Gasteiger partial charge < -0.3 is 15.2 Å². The molecule has 2 N–H and O–H groups in total. The second-order valence-electron chi connectivity index (χ2n) is 7.77. The van der Waals surface area contributed by atoms with Gasteiger partial charge in [-0.1, -0.05) is 11.6 Å². The normalized spacial score (nSPS) is 25.0. The number of hydrogen-bond acceptors (Lipinski definition) is 5. The molecule has 0 bridgehead atoms. The van der Waals surface area contributed by atoms with Crippen LogP contribution in [0.3, 0.4) is 0 Å². The number of aromatic nitrogens is 3. The van der Waals surface area contributed by atoms with Crippen molar-refractivity contribution in [3.63, 3.8) is 0 Å². The lowest BCUT2D eigenvalue weighted by Gasteiger charge is -2.36. The lowest BCUT2D eigenvalue weighted by molar-refractivity contribution is 0.0124. The third-order valence-electron chi connectivity index (χ3n) is 6.04. The van der Waals surface area contributed by atoms with Crippen LogP contribution in [0.1, 0.15) is 46.9 Å². The van der Waals surface area contributed by atoms with E-state index in [-0.39, 0.29) is 12.5 Å². The van der Waals surface area contributed by atoms with Crippen LogP contribution >= 0.6 is 11.6 Å². The molecule has 2 aliphatic carbocycles. The summed E-state index contributed by atoms with van der Waals surface area (Å²) in [7, 11) is 0.